The molecule has 0 aromatic carbocycles. The fourth-order valence-electron chi connectivity index (χ4n) is 2.89. The molecular formula is C19H33N3. The monoisotopic (exact) mass is 303 g/mol. The average molecular weight is 303 g/mol. The molecule has 0 bridgehead atoms. The van der Waals surface area contributed by atoms with Crippen LogP contribution in [0.5, 0.6) is 0 Å². The molecule has 0 aliphatic carbocycles. The van der Waals surface area contributed by atoms with Crippen molar-refractivity contribution < 1.29 is 0 Å². The first-order valence-corrected chi connectivity index (χ1v) is 9.25. The number of aryl methyl sites for hydroxylation is 2. The highest BCUT2D eigenvalue weighted by molar-refractivity contribution is 4.93. The van der Waals surface area contributed by atoms with Gasteiger partial charge in [-0.25, -0.2) is 4.98 Å². The zero-order valence-corrected chi connectivity index (χ0v) is 14.4. The fourth-order valence-corrected chi connectivity index (χ4v) is 2.89. The van der Waals surface area contributed by atoms with E-state index >= 15 is 0 Å². The molecule has 0 spiro atoms. The van der Waals surface area contributed by atoms with Gasteiger partial charge in [0.2, 0.25) is 0 Å². The minimum atomic E-state index is 0.571. The van der Waals surface area contributed by atoms with Crippen molar-refractivity contribution in [1.29, 1.82) is 5.26 Å². The van der Waals surface area contributed by atoms with Crippen LogP contribution in [0.4, 0.5) is 0 Å². The van der Waals surface area contributed by atoms with Crippen molar-refractivity contribution in [2.45, 2.75) is 96.9 Å². The molecule has 0 atom stereocenters. The molecule has 0 aliphatic rings. The van der Waals surface area contributed by atoms with E-state index in [1.165, 1.54) is 70.6 Å². The van der Waals surface area contributed by atoms with Gasteiger partial charge in [0.15, 0.2) is 0 Å². The SMILES string of the molecule is CCCCCCCCCCCCCc1nccn1CCC#N. The number of aromatic nitrogens is 2. The summed E-state index contributed by atoms with van der Waals surface area (Å²) in [7, 11) is 0. The lowest BCUT2D eigenvalue weighted by atomic mass is 10.1. The van der Waals surface area contributed by atoms with Gasteiger partial charge in [-0.1, -0.05) is 71.1 Å². The number of imidazole rings is 1. The van der Waals surface area contributed by atoms with Crippen molar-refractivity contribution in [3.8, 4) is 6.07 Å². The second-order valence-corrected chi connectivity index (χ2v) is 6.23. The van der Waals surface area contributed by atoms with Gasteiger partial charge < -0.3 is 4.57 Å². The summed E-state index contributed by atoms with van der Waals surface area (Å²) in [5, 5.41) is 8.65. The summed E-state index contributed by atoms with van der Waals surface area (Å²) in [5.41, 5.74) is 0. The van der Waals surface area contributed by atoms with Crippen LogP contribution in [0.1, 0.15) is 89.8 Å². The predicted octanol–water partition coefficient (Wildman–Crippen LogP) is 5.65. The van der Waals surface area contributed by atoms with Crippen LogP contribution in [0.15, 0.2) is 12.4 Å². The van der Waals surface area contributed by atoms with Crippen LogP contribution >= 0.6 is 0 Å². The Labute approximate surface area is 136 Å². The van der Waals surface area contributed by atoms with Gasteiger partial charge in [0.25, 0.3) is 0 Å². The van der Waals surface area contributed by atoms with Crippen molar-refractivity contribution >= 4 is 0 Å². The third kappa shape index (κ3) is 8.87. The van der Waals surface area contributed by atoms with Gasteiger partial charge in [-0.15, -0.1) is 0 Å². The molecule has 1 rings (SSSR count). The lowest BCUT2D eigenvalue weighted by molar-refractivity contribution is 0.544. The van der Waals surface area contributed by atoms with Crippen LogP contribution < -0.4 is 0 Å². The molecule has 3 heteroatoms. The van der Waals surface area contributed by atoms with Crippen LogP contribution in [0.25, 0.3) is 0 Å². The van der Waals surface area contributed by atoms with E-state index in [0.717, 1.165) is 18.8 Å². The highest BCUT2D eigenvalue weighted by Gasteiger charge is 2.02. The van der Waals surface area contributed by atoms with Crippen molar-refractivity contribution in [3.05, 3.63) is 18.2 Å². The van der Waals surface area contributed by atoms with Crippen molar-refractivity contribution in [2.75, 3.05) is 0 Å². The molecule has 0 saturated heterocycles. The van der Waals surface area contributed by atoms with Gasteiger partial charge in [-0.05, 0) is 6.42 Å². The molecule has 0 radical (unpaired) electrons. The Hall–Kier alpha value is -1.30. The molecular weight excluding hydrogens is 270 g/mol. The van der Waals surface area contributed by atoms with E-state index in [9.17, 15) is 0 Å². The maximum atomic E-state index is 8.65. The van der Waals surface area contributed by atoms with E-state index in [2.05, 4.69) is 22.5 Å². The topological polar surface area (TPSA) is 41.6 Å². The number of unbranched alkanes of at least 4 members (excludes halogenated alkanes) is 10. The molecule has 1 heterocycles. The Bertz CT molecular complexity index is 403. The Morgan fingerprint density at radius 3 is 2.14 bits per heavy atom. The van der Waals surface area contributed by atoms with E-state index in [0.29, 0.717) is 6.42 Å². The maximum Gasteiger partial charge on any atom is 0.108 e. The third-order valence-corrected chi connectivity index (χ3v) is 4.27. The van der Waals surface area contributed by atoms with E-state index in [4.69, 9.17) is 5.26 Å². The Morgan fingerprint density at radius 2 is 1.55 bits per heavy atom. The summed E-state index contributed by atoms with van der Waals surface area (Å²) < 4.78 is 2.12. The van der Waals surface area contributed by atoms with Crippen LogP contribution in [0.2, 0.25) is 0 Å². The molecule has 0 saturated carbocycles. The fraction of sp³-hybridized carbons (Fsp3) is 0.789. The Morgan fingerprint density at radius 1 is 0.955 bits per heavy atom. The zero-order valence-electron chi connectivity index (χ0n) is 14.4. The standard InChI is InChI=1S/C19H33N3/c1-2-3-4-5-6-7-8-9-10-11-12-14-19-21-16-18-22(19)17-13-15-20/h16,18H,2-14,17H2,1H3. The van der Waals surface area contributed by atoms with Gasteiger partial charge in [-0.2, -0.15) is 5.26 Å². The van der Waals surface area contributed by atoms with Crippen LogP contribution in [0, 0.1) is 11.3 Å². The summed E-state index contributed by atoms with van der Waals surface area (Å²) in [4.78, 5) is 4.41. The lowest BCUT2D eigenvalue weighted by Crippen LogP contribution is -2.02. The van der Waals surface area contributed by atoms with E-state index < -0.39 is 0 Å². The number of hydrogen-bond donors (Lipinski definition) is 0. The normalized spacial score (nSPS) is 10.7. The van der Waals surface area contributed by atoms with Crippen LogP contribution in [0.3, 0.4) is 0 Å². The number of nitrogens with zero attached hydrogens (tertiary/aromatic N) is 3. The summed E-state index contributed by atoms with van der Waals surface area (Å²) in [6.45, 7) is 3.06. The first-order chi connectivity index (χ1) is 10.9. The van der Waals surface area contributed by atoms with E-state index in [-0.39, 0.29) is 0 Å². The minimum Gasteiger partial charge on any atom is -0.334 e. The van der Waals surface area contributed by atoms with Gasteiger partial charge in [0.1, 0.15) is 5.82 Å². The molecule has 22 heavy (non-hydrogen) atoms. The summed E-state index contributed by atoms with van der Waals surface area (Å²) in [6.07, 6.45) is 20.6. The third-order valence-electron chi connectivity index (χ3n) is 4.27. The smallest absolute Gasteiger partial charge is 0.108 e. The highest BCUT2D eigenvalue weighted by Crippen LogP contribution is 2.12. The van der Waals surface area contributed by atoms with Gasteiger partial charge in [0.05, 0.1) is 12.5 Å². The molecule has 0 aliphatic heterocycles. The lowest BCUT2D eigenvalue weighted by Gasteiger charge is -2.05. The number of hydrogen-bond acceptors (Lipinski definition) is 2. The molecule has 0 N–H and O–H groups in total. The van der Waals surface area contributed by atoms with Crippen molar-refractivity contribution in [1.82, 2.24) is 9.55 Å². The summed E-state index contributed by atoms with van der Waals surface area (Å²) in [6, 6.07) is 2.20. The second-order valence-electron chi connectivity index (χ2n) is 6.23. The largest absolute Gasteiger partial charge is 0.334 e. The molecule has 124 valence electrons. The highest BCUT2D eigenvalue weighted by atomic mass is 15.1. The summed E-state index contributed by atoms with van der Waals surface area (Å²) >= 11 is 0. The van der Waals surface area contributed by atoms with Crippen molar-refractivity contribution in [2.24, 2.45) is 0 Å². The first-order valence-electron chi connectivity index (χ1n) is 9.25. The second kappa shape index (κ2) is 13.4. The predicted molar refractivity (Wildman–Crippen MR) is 92.6 cm³/mol. The molecule has 0 unspecified atom stereocenters. The maximum absolute atomic E-state index is 8.65. The molecule has 3 nitrogen and oxygen atoms in total. The van der Waals surface area contributed by atoms with Crippen molar-refractivity contribution in [3.63, 3.8) is 0 Å². The Balaban J connectivity index is 1.93. The summed E-state index contributed by atoms with van der Waals surface area (Å²) in [5.74, 6) is 1.14. The van der Waals surface area contributed by atoms with E-state index in [1.54, 1.807) is 0 Å². The molecule has 0 fully saturated rings. The molecule has 1 aromatic heterocycles. The van der Waals surface area contributed by atoms with Gasteiger partial charge in [0, 0.05) is 25.4 Å². The molecule has 1 aromatic rings. The zero-order chi connectivity index (χ0) is 15.9. The molecule has 0 amide bonds. The van der Waals surface area contributed by atoms with Gasteiger partial charge in [-0.3, -0.25) is 0 Å². The van der Waals surface area contributed by atoms with Crippen LogP contribution in [-0.2, 0) is 13.0 Å². The van der Waals surface area contributed by atoms with E-state index in [1.807, 2.05) is 12.4 Å². The quantitative estimate of drug-likeness (QED) is 0.417. The first kappa shape index (κ1) is 18.7. The van der Waals surface area contributed by atoms with Gasteiger partial charge >= 0.3 is 0 Å². The number of nitriles is 1. The minimum absolute atomic E-state index is 0.571. The average Bonchev–Trinajstić information content (AvgIpc) is 2.98. The Kier molecular flexibility index (Phi) is 11.4. The van der Waals surface area contributed by atoms with Crippen LogP contribution in [-0.4, -0.2) is 9.55 Å². The number of rotatable bonds is 14.